The lowest BCUT2D eigenvalue weighted by Crippen LogP contribution is -2.42. The van der Waals surface area contributed by atoms with Gasteiger partial charge >= 0.3 is 0 Å². The second-order valence-corrected chi connectivity index (χ2v) is 7.67. The standard InChI is InChI=1S/C19H23NO2S/c1-19(20-23(2,21)22,18-14-7-4-8-15-18)16-10-9-13-17-11-5-3-6-12-17/h3-9,11-15,20H,10,16H2,1-2H3/b13-9+. The average Bonchev–Trinajstić information content (AvgIpc) is 2.52. The molecule has 0 bridgehead atoms. The molecule has 0 amide bonds. The topological polar surface area (TPSA) is 46.2 Å². The maximum absolute atomic E-state index is 11.7. The highest BCUT2D eigenvalue weighted by molar-refractivity contribution is 7.88. The van der Waals surface area contributed by atoms with E-state index in [2.05, 4.69) is 16.9 Å². The fourth-order valence-corrected chi connectivity index (χ4v) is 3.66. The molecule has 1 unspecified atom stereocenters. The van der Waals surface area contributed by atoms with E-state index in [1.807, 2.05) is 67.6 Å². The van der Waals surface area contributed by atoms with Crippen molar-refractivity contribution in [1.29, 1.82) is 0 Å². The van der Waals surface area contributed by atoms with Gasteiger partial charge in [-0.25, -0.2) is 13.1 Å². The molecule has 0 saturated carbocycles. The minimum Gasteiger partial charge on any atom is -0.213 e. The fraction of sp³-hybridized carbons (Fsp3) is 0.263. The van der Waals surface area contributed by atoms with Gasteiger partial charge in [0.05, 0.1) is 11.8 Å². The monoisotopic (exact) mass is 329 g/mol. The van der Waals surface area contributed by atoms with Crippen LogP contribution in [0.3, 0.4) is 0 Å². The molecule has 3 nitrogen and oxygen atoms in total. The maximum Gasteiger partial charge on any atom is 0.209 e. The molecule has 0 fully saturated rings. The molecule has 0 spiro atoms. The van der Waals surface area contributed by atoms with E-state index in [0.29, 0.717) is 6.42 Å². The lowest BCUT2D eigenvalue weighted by Gasteiger charge is -2.30. The number of rotatable bonds is 7. The zero-order chi connectivity index (χ0) is 16.8. The summed E-state index contributed by atoms with van der Waals surface area (Å²) in [4.78, 5) is 0. The van der Waals surface area contributed by atoms with E-state index in [1.165, 1.54) is 6.26 Å². The molecule has 0 aromatic heterocycles. The highest BCUT2D eigenvalue weighted by atomic mass is 32.2. The zero-order valence-electron chi connectivity index (χ0n) is 13.6. The summed E-state index contributed by atoms with van der Waals surface area (Å²) in [5.74, 6) is 0. The van der Waals surface area contributed by atoms with Gasteiger partial charge in [-0.05, 0) is 30.9 Å². The van der Waals surface area contributed by atoms with Crippen LogP contribution in [0.2, 0.25) is 0 Å². The number of hydrogen-bond acceptors (Lipinski definition) is 2. The summed E-state index contributed by atoms with van der Waals surface area (Å²) in [6.45, 7) is 1.93. The summed E-state index contributed by atoms with van der Waals surface area (Å²) in [5.41, 5.74) is 1.50. The van der Waals surface area contributed by atoms with Crippen LogP contribution in [-0.4, -0.2) is 14.7 Å². The van der Waals surface area contributed by atoms with Crippen LogP contribution in [0.25, 0.3) is 6.08 Å². The first-order chi connectivity index (χ1) is 10.9. The van der Waals surface area contributed by atoms with E-state index < -0.39 is 15.6 Å². The highest BCUT2D eigenvalue weighted by Gasteiger charge is 2.28. The average molecular weight is 329 g/mol. The van der Waals surface area contributed by atoms with Gasteiger partial charge in [-0.1, -0.05) is 72.8 Å². The van der Waals surface area contributed by atoms with Crippen LogP contribution in [0.15, 0.2) is 66.7 Å². The van der Waals surface area contributed by atoms with Gasteiger partial charge in [0.25, 0.3) is 0 Å². The quantitative estimate of drug-likeness (QED) is 0.836. The van der Waals surface area contributed by atoms with Gasteiger partial charge in [0.2, 0.25) is 10.0 Å². The Morgan fingerprint density at radius 1 is 1.00 bits per heavy atom. The summed E-state index contributed by atoms with van der Waals surface area (Å²) in [5, 5.41) is 0. The van der Waals surface area contributed by atoms with E-state index in [1.54, 1.807) is 0 Å². The SMILES string of the molecule is CC(CC/C=C/c1ccccc1)(NS(C)(=O)=O)c1ccccc1. The molecular weight excluding hydrogens is 306 g/mol. The normalized spacial score (nSPS) is 14.7. The third-order valence-corrected chi connectivity index (χ3v) is 4.56. The first kappa shape index (κ1) is 17.4. The zero-order valence-corrected chi connectivity index (χ0v) is 14.4. The van der Waals surface area contributed by atoms with Crippen LogP contribution in [0.4, 0.5) is 0 Å². The molecule has 0 radical (unpaired) electrons. The van der Waals surface area contributed by atoms with Gasteiger partial charge in [0, 0.05) is 0 Å². The molecule has 1 N–H and O–H groups in total. The van der Waals surface area contributed by atoms with E-state index in [9.17, 15) is 8.42 Å². The highest BCUT2D eigenvalue weighted by Crippen LogP contribution is 2.27. The van der Waals surface area contributed by atoms with Crippen LogP contribution < -0.4 is 4.72 Å². The van der Waals surface area contributed by atoms with Crippen molar-refractivity contribution < 1.29 is 8.42 Å². The first-order valence-electron chi connectivity index (χ1n) is 7.65. The number of sulfonamides is 1. The molecule has 0 heterocycles. The third-order valence-electron chi connectivity index (χ3n) is 3.74. The van der Waals surface area contributed by atoms with E-state index in [4.69, 9.17) is 0 Å². The molecular formula is C19H23NO2S. The molecule has 0 aliphatic carbocycles. The van der Waals surface area contributed by atoms with E-state index >= 15 is 0 Å². The summed E-state index contributed by atoms with van der Waals surface area (Å²) in [6.07, 6.45) is 6.82. The minimum absolute atomic E-state index is 0.615. The molecule has 2 aromatic rings. The Labute approximate surface area is 139 Å². The van der Waals surface area contributed by atoms with E-state index in [-0.39, 0.29) is 0 Å². The number of benzene rings is 2. The van der Waals surface area contributed by atoms with Crippen molar-refractivity contribution in [3.63, 3.8) is 0 Å². The third kappa shape index (κ3) is 5.66. The first-order valence-corrected chi connectivity index (χ1v) is 9.54. The summed E-state index contributed by atoms with van der Waals surface area (Å²) >= 11 is 0. The van der Waals surface area contributed by atoms with E-state index in [0.717, 1.165) is 17.5 Å². The van der Waals surface area contributed by atoms with Crippen LogP contribution in [0.1, 0.15) is 30.9 Å². The fourth-order valence-electron chi connectivity index (χ4n) is 2.63. The van der Waals surface area contributed by atoms with Crippen LogP contribution in [0, 0.1) is 0 Å². The largest absolute Gasteiger partial charge is 0.213 e. The van der Waals surface area contributed by atoms with Gasteiger partial charge in [0.1, 0.15) is 0 Å². The van der Waals surface area contributed by atoms with Crippen molar-refractivity contribution in [2.45, 2.75) is 25.3 Å². The summed E-state index contributed by atoms with van der Waals surface area (Å²) in [6, 6.07) is 19.8. The Bertz CT molecular complexity index is 739. The number of nitrogens with one attached hydrogen (secondary N) is 1. The second kappa shape index (κ2) is 7.57. The molecule has 0 aliphatic rings. The lowest BCUT2D eigenvalue weighted by molar-refractivity contribution is 0.404. The van der Waals surface area contributed by atoms with Crippen molar-refractivity contribution in [1.82, 2.24) is 4.72 Å². The van der Waals surface area contributed by atoms with Gasteiger partial charge in [0.15, 0.2) is 0 Å². The Kier molecular flexibility index (Phi) is 5.74. The molecule has 23 heavy (non-hydrogen) atoms. The molecule has 2 rings (SSSR count). The predicted octanol–water partition coefficient (Wildman–Crippen LogP) is 3.94. The van der Waals surface area contributed by atoms with Gasteiger partial charge in [-0.2, -0.15) is 0 Å². The van der Waals surface area contributed by atoms with Gasteiger partial charge < -0.3 is 0 Å². The van der Waals surface area contributed by atoms with Crippen molar-refractivity contribution in [3.8, 4) is 0 Å². The van der Waals surface area contributed by atoms with Crippen molar-refractivity contribution in [2.75, 3.05) is 6.26 Å². The Morgan fingerprint density at radius 2 is 1.57 bits per heavy atom. The Morgan fingerprint density at radius 3 is 2.13 bits per heavy atom. The number of hydrogen-bond donors (Lipinski definition) is 1. The van der Waals surface area contributed by atoms with Crippen LogP contribution in [0.5, 0.6) is 0 Å². The van der Waals surface area contributed by atoms with Crippen molar-refractivity contribution in [2.24, 2.45) is 0 Å². The maximum atomic E-state index is 11.7. The Hall–Kier alpha value is -1.91. The van der Waals surface area contributed by atoms with Crippen LogP contribution >= 0.6 is 0 Å². The van der Waals surface area contributed by atoms with Crippen LogP contribution in [-0.2, 0) is 15.6 Å². The Balaban J connectivity index is 2.11. The van der Waals surface area contributed by atoms with Crippen molar-refractivity contribution >= 4 is 16.1 Å². The summed E-state index contributed by atoms with van der Waals surface area (Å²) in [7, 11) is -3.29. The molecule has 122 valence electrons. The van der Waals surface area contributed by atoms with Gasteiger partial charge in [-0.3, -0.25) is 0 Å². The van der Waals surface area contributed by atoms with Crippen molar-refractivity contribution in [3.05, 3.63) is 77.9 Å². The summed E-state index contributed by atoms with van der Waals surface area (Å²) < 4.78 is 26.3. The van der Waals surface area contributed by atoms with Gasteiger partial charge in [-0.15, -0.1) is 0 Å². The molecule has 1 atom stereocenters. The number of allylic oxidation sites excluding steroid dienone is 1. The lowest BCUT2D eigenvalue weighted by atomic mass is 9.88. The molecule has 0 saturated heterocycles. The molecule has 0 aliphatic heterocycles. The second-order valence-electron chi connectivity index (χ2n) is 5.92. The molecule has 4 heteroatoms. The molecule has 2 aromatic carbocycles. The predicted molar refractivity (Wildman–Crippen MR) is 96.5 cm³/mol. The smallest absolute Gasteiger partial charge is 0.209 e. The minimum atomic E-state index is -3.29.